The molecule has 2 amide bonds. The maximum atomic E-state index is 11.0. The SMILES string of the molecule is NCC(=O)Nc1ccc(CNC(=O)O)cc1. The summed E-state index contributed by atoms with van der Waals surface area (Å²) in [6.07, 6.45) is -1.07. The van der Waals surface area contributed by atoms with Crippen LogP contribution < -0.4 is 16.4 Å². The lowest BCUT2D eigenvalue weighted by Gasteiger charge is -2.05. The van der Waals surface area contributed by atoms with E-state index in [9.17, 15) is 9.59 Å². The third-order valence-corrected chi connectivity index (χ3v) is 1.87. The van der Waals surface area contributed by atoms with Crippen LogP contribution in [-0.4, -0.2) is 23.7 Å². The summed E-state index contributed by atoms with van der Waals surface area (Å²) in [6.45, 7) is 0.169. The average Bonchev–Trinajstić information content (AvgIpc) is 2.28. The highest BCUT2D eigenvalue weighted by molar-refractivity contribution is 5.92. The normalized spacial score (nSPS) is 9.56. The van der Waals surface area contributed by atoms with Gasteiger partial charge < -0.3 is 21.5 Å². The number of carboxylic acid groups (broad SMARTS) is 1. The quantitative estimate of drug-likeness (QED) is 0.591. The Morgan fingerprint density at radius 1 is 1.25 bits per heavy atom. The lowest BCUT2D eigenvalue weighted by molar-refractivity contribution is -0.114. The van der Waals surface area contributed by atoms with Crippen molar-refractivity contribution in [3.8, 4) is 0 Å². The average molecular weight is 223 g/mol. The molecule has 0 atom stereocenters. The van der Waals surface area contributed by atoms with Gasteiger partial charge in [0, 0.05) is 12.2 Å². The van der Waals surface area contributed by atoms with Crippen molar-refractivity contribution < 1.29 is 14.7 Å². The Hall–Kier alpha value is -2.08. The van der Waals surface area contributed by atoms with Crippen LogP contribution in [0.15, 0.2) is 24.3 Å². The molecule has 86 valence electrons. The van der Waals surface area contributed by atoms with Crippen LogP contribution in [0.1, 0.15) is 5.56 Å². The molecule has 0 fully saturated rings. The minimum Gasteiger partial charge on any atom is -0.465 e. The predicted molar refractivity (Wildman–Crippen MR) is 59.0 cm³/mol. The highest BCUT2D eigenvalue weighted by Crippen LogP contribution is 2.09. The van der Waals surface area contributed by atoms with E-state index in [1.54, 1.807) is 24.3 Å². The van der Waals surface area contributed by atoms with Gasteiger partial charge >= 0.3 is 6.09 Å². The van der Waals surface area contributed by atoms with Crippen LogP contribution >= 0.6 is 0 Å². The summed E-state index contributed by atoms with van der Waals surface area (Å²) in [5.74, 6) is -0.267. The van der Waals surface area contributed by atoms with Gasteiger partial charge in [0.05, 0.1) is 6.54 Å². The van der Waals surface area contributed by atoms with E-state index in [1.165, 1.54) is 0 Å². The molecule has 1 aromatic rings. The van der Waals surface area contributed by atoms with Crippen molar-refractivity contribution in [2.45, 2.75) is 6.54 Å². The second kappa shape index (κ2) is 5.72. The first-order chi connectivity index (χ1) is 7.61. The number of carbonyl (C=O) groups excluding carboxylic acids is 1. The molecule has 0 aliphatic rings. The molecule has 0 aliphatic heterocycles. The molecule has 0 aliphatic carbocycles. The van der Waals surface area contributed by atoms with E-state index in [0.29, 0.717) is 5.69 Å². The zero-order chi connectivity index (χ0) is 12.0. The second-order valence-electron chi connectivity index (χ2n) is 3.11. The minimum atomic E-state index is -1.07. The molecule has 0 aromatic heterocycles. The Morgan fingerprint density at radius 3 is 2.38 bits per heavy atom. The van der Waals surface area contributed by atoms with Crippen molar-refractivity contribution in [1.82, 2.24) is 5.32 Å². The van der Waals surface area contributed by atoms with Gasteiger partial charge in [0.15, 0.2) is 0 Å². The Labute approximate surface area is 92.4 Å². The molecule has 6 heteroatoms. The van der Waals surface area contributed by atoms with Crippen molar-refractivity contribution in [2.24, 2.45) is 5.73 Å². The monoisotopic (exact) mass is 223 g/mol. The van der Waals surface area contributed by atoms with Crippen molar-refractivity contribution in [3.63, 3.8) is 0 Å². The van der Waals surface area contributed by atoms with Crippen molar-refractivity contribution in [2.75, 3.05) is 11.9 Å². The Kier molecular flexibility index (Phi) is 4.28. The third-order valence-electron chi connectivity index (χ3n) is 1.87. The second-order valence-corrected chi connectivity index (χ2v) is 3.11. The first kappa shape index (κ1) is 12.0. The van der Waals surface area contributed by atoms with Crippen molar-refractivity contribution in [1.29, 1.82) is 0 Å². The fraction of sp³-hybridized carbons (Fsp3) is 0.200. The van der Waals surface area contributed by atoms with Crippen LogP contribution in [0.2, 0.25) is 0 Å². The van der Waals surface area contributed by atoms with Gasteiger partial charge in [0.1, 0.15) is 0 Å². The zero-order valence-corrected chi connectivity index (χ0v) is 8.56. The van der Waals surface area contributed by atoms with E-state index in [1.807, 2.05) is 0 Å². The lowest BCUT2D eigenvalue weighted by Crippen LogP contribution is -2.22. The van der Waals surface area contributed by atoms with Gasteiger partial charge in [-0.2, -0.15) is 0 Å². The molecule has 0 saturated heterocycles. The molecule has 0 unspecified atom stereocenters. The Balaban J connectivity index is 2.54. The fourth-order valence-electron chi connectivity index (χ4n) is 1.10. The summed E-state index contributed by atoms with van der Waals surface area (Å²) in [5, 5.41) is 13.2. The standard InChI is InChI=1S/C10H13N3O3/c11-5-9(14)13-8-3-1-7(2-4-8)6-12-10(15)16/h1-4,12H,5-6,11H2,(H,13,14)(H,15,16). The molecule has 1 rings (SSSR count). The molecule has 6 nitrogen and oxygen atoms in total. The summed E-state index contributed by atoms with van der Waals surface area (Å²) in [6, 6.07) is 6.82. The molecular formula is C10H13N3O3. The molecule has 1 aromatic carbocycles. The summed E-state index contributed by atoms with van der Waals surface area (Å²) < 4.78 is 0. The molecule has 5 N–H and O–H groups in total. The van der Waals surface area contributed by atoms with Gasteiger partial charge in [-0.3, -0.25) is 4.79 Å². The van der Waals surface area contributed by atoms with Gasteiger partial charge in [0.25, 0.3) is 0 Å². The van der Waals surface area contributed by atoms with Crippen LogP contribution in [0.25, 0.3) is 0 Å². The van der Waals surface area contributed by atoms with E-state index in [2.05, 4.69) is 10.6 Å². The van der Waals surface area contributed by atoms with E-state index in [-0.39, 0.29) is 19.0 Å². The molecule has 0 heterocycles. The smallest absolute Gasteiger partial charge is 0.404 e. The zero-order valence-electron chi connectivity index (χ0n) is 8.56. The number of carbonyl (C=O) groups is 2. The van der Waals surface area contributed by atoms with Crippen LogP contribution in [-0.2, 0) is 11.3 Å². The van der Waals surface area contributed by atoms with Crippen LogP contribution in [0.3, 0.4) is 0 Å². The molecule has 0 bridgehead atoms. The lowest BCUT2D eigenvalue weighted by atomic mass is 10.2. The number of rotatable bonds is 4. The molecule has 0 radical (unpaired) electrons. The number of hydrogen-bond acceptors (Lipinski definition) is 3. The van der Waals surface area contributed by atoms with Gasteiger partial charge in [0.2, 0.25) is 5.91 Å². The number of amides is 2. The first-order valence-electron chi connectivity index (χ1n) is 4.67. The third kappa shape index (κ3) is 3.97. The van der Waals surface area contributed by atoms with E-state index >= 15 is 0 Å². The van der Waals surface area contributed by atoms with E-state index in [4.69, 9.17) is 10.8 Å². The number of benzene rings is 1. The van der Waals surface area contributed by atoms with Gasteiger partial charge in [-0.1, -0.05) is 12.1 Å². The Morgan fingerprint density at radius 2 is 1.88 bits per heavy atom. The predicted octanol–water partition coefficient (Wildman–Crippen LogP) is 0.351. The molecular weight excluding hydrogens is 210 g/mol. The maximum Gasteiger partial charge on any atom is 0.404 e. The largest absolute Gasteiger partial charge is 0.465 e. The van der Waals surface area contributed by atoms with Gasteiger partial charge in [-0.05, 0) is 17.7 Å². The highest BCUT2D eigenvalue weighted by Gasteiger charge is 2.00. The van der Waals surface area contributed by atoms with Gasteiger partial charge in [-0.15, -0.1) is 0 Å². The Bertz CT molecular complexity index is 375. The van der Waals surface area contributed by atoms with E-state index < -0.39 is 6.09 Å². The first-order valence-corrected chi connectivity index (χ1v) is 4.67. The fourth-order valence-corrected chi connectivity index (χ4v) is 1.10. The minimum absolute atomic E-state index is 0.0671. The number of anilines is 1. The van der Waals surface area contributed by atoms with Crippen molar-refractivity contribution >= 4 is 17.7 Å². The van der Waals surface area contributed by atoms with Crippen LogP contribution in [0, 0.1) is 0 Å². The number of nitrogens with one attached hydrogen (secondary N) is 2. The maximum absolute atomic E-state index is 11.0. The van der Waals surface area contributed by atoms with Crippen molar-refractivity contribution in [3.05, 3.63) is 29.8 Å². The summed E-state index contributed by atoms with van der Waals surface area (Å²) in [5.41, 5.74) is 6.59. The summed E-state index contributed by atoms with van der Waals surface area (Å²) in [7, 11) is 0. The molecule has 16 heavy (non-hydrogen) atoms. The summed E-state index contributed by atoms with van der Waals surface area (Å²) in [4.78, 5) is 21.2. The van der Waals surface area contributed by atoms with Gasteiger partial charge in [-0.25, -0.2) is 4.79 Å². The summed E-state index contributed by atoms with van der Waals surface area (Å²) >= 11 is 0. The van der Waals surface area contributed by atoms with E-state index in [0.717, 1.165) is 5.56 Å². The number of hydrogen-bond donors (Lipinski definition) is 4. The van der Waals surface area contributed by atoms with Crippen LogP contribution in [0.4, 0.5) is 10.5 Å². The highest BCUT2D eigenvalue weighted by atomic mass is 16.4. The van der Waals surface area contributed by atoms with Crippen LogP contribution in [0.5, 0.6) is 0 Å². The molecule has 0 saturated carbocycles. The molecule has 0 spiro atoms. The number of nitrogens with two attached hydrogens (primary N) is 1. The topological polar surface area (TPSA) is 104 Å².